The van der Waals surface area contributed by atoms with Gasteiger partial charge in [0.15, 0.2) is 0 Å². The van der Waals surface area contributed by atoms with Crippen LogP contribution >= 0.6 is 0 Å². The number of nitriles is 9. The van der Waals surface area contributed by atoms with Gasteiger partial charge < -0.3 is 0 Å². The number of halogens is 12. The molecule has 0 bridgehead atoms. The molecule has 0 atom stereocenters. The van der Waals surface area contributed by atoms with Crippen LogP contribution in [0.4, 0.5) is 52.7 Å². The van der Waals surface area contributed by atoms with Gasteiger partial charge in [-0.3, -0.25) is 0 Å². The Labute approximate surface area is 291 Å². The quantitative estimate of drug-likeness (QED) is 0.268. The highest BCUT2D eigenvalue weighted by Crippen LogP contribution is 2.45. The van der Waals surface area contributed by atoms with E-state index in [1.807, 2.05) is 0 Å². The van der Waals surface area contributed by atoms with Gasteiger partial charge in [-0.05, 0) is 18.2 Å². The monoisotopic (exact) mass is 753 g/mol. The van der Waals surface area contributed by atoms with Crippen LogP contribution in [-0.4, -0.2) is 0 Å². The largest absolute Gasteiger partial charge is 0.418 e. The van der Waals surface area contributed by atoms with Gasteiger partial charge in [0.05, 0.1) is 78.4 Å². The molecular weight excluding hydrogens is 750 g/mol. The molecule has 3 rings (SSSR count). The molecule has 54 heavy (non-hydrogen) atoms. The standard InChI is InChI=1S/C33H3F12N9/c34-30(35,36)25-2-15(28(32(40,41)42)23(11-53)19(25)7-49)17(5-47)14-1-13(4-46)27(22(10-52)18(14)6-48)21(9-51)16-3-26(31(37,38)39)20(8-50)24(12-54)29(16)33(43,44)45/h1-3H/b17-14+,27-21+. The topological polar surface area (TPSA) is 214 Å². The second-order valence-corrected chi connectivity index (χ2v) is 10.0. The van der Waals surface area contributed by atoms with E-state index in [1.165, 1.54) is 6.07 Å². The maximum atomic E-state index is 14.4. The van der Waals surface area contributed by atoms with Gasteiger partial charge in [-0.15, -0.1) is 0 Å². The molecule has 264 valence electrons. The summed E-state index contributed by atoms with van der Waals surface area (Å²) < 4.78 is 170. The molecule has 0 amide bonds. The van der Waals surface area contributed by atoms with Gasteiger partial charge >= 0.3 is 24.7 Å². The average molecular weight is 753 g/mol. The Morgan fingerprint density at radius 1 is 0.389 bits per heavy atom. The maximum Gasteiger partial charge on any atom is 0.418 e. The van der Waals surface area contributed by atoms with E-state index in [1.54, 1.807) is 0 Å². The first-order valence-electron chi connectivity index (χ1n) is 13.3. The summed E-state index contributed by atoms with van der Waals surface area (Å²) in [6.45, 7) is 0. The van der Waals surface area contributed by atoms with Gasteiger partial charge in [0, 0.05) is 21.6 Å². The van der Waals surface area contributed by atoms with Crippen molar-refractivity contribution in [2.75, 3.05) is 0 Å². The van der Waals surface area contributed by atoms with Crippen molar-refractivity contribution in [3.05, 3.63) is 101 Å². The van der Waals surface area contributed by atoms with Crippen molar-refractivity contribution in [1.82, 2.24) is 0 Å². The third kappa shape index (κ3) is 6.71. The summed E-state index contributed by atoms with van der Waals surface area (Å²) in [5, 5.41) is 84.7. The number of benzene rings is 3. The van der Waals surface area contributed by atoms with Crippen molar-refractivity contribution in [3.8, 4) is 54.6 Å². The summed E-state index contributed by atoms with van der Waals surface area (Å²) >= 11 is 0. The molecule has 0 unspecified atom stereocenters. The molecule has 0 N–H and O–H groups in total. The summed E-state index contributed by atoms with van der Waals surface area (Å²) in [5.41, 5.74) is -28.2. The molecule has 0 saturated carbocycles. The Balaban J connectivity index is 2.97. The molecule has 0 aliphatic rings. The predicted molar refractivity (Wildman–Crippen MR) is 148 cm³/mol. The van der Waals surface area contributed by atoms with Crippen molar-refractivity contribution < 1.29 is 52.7 Å². The van der Waals surface area contributed by atoms with E-state index < -0.39 is 131 Å². The van der Waals surface area contributed by atoms with E-state index in [0.29, 0.717) is 0 Å². The highest BCUT2D eigenvalue weighted by molar-refractivity contribution is 5.86. The minimum Gasteiger partial charge on any atom is -0.192 e. The van der Waals surface area contributed by atoms with Crippen LogP contribution in [0, 0.1) is 102 Å². The second kappa shape index (κ2) is 13.9. The predicted octanol–water partition coefficient (Wildman–Crippen LogP) is 6.31. The minimum absolute atomic E-state index is 0.148. The lowest BCUT2D eigenvalue weighted by Gasteiger charge is -2.20. The van der Waals surface area contributed by atoms with Crippen LogP contribution in [0.15, 0.2) is 18.2 Å². The molecule has 0 aliphatic carbocycles. The van der Waals surface area contributed by atoms with Crippen molar-refractivity contribution in [2.24, 2.45) is 0 Å². The molecule has 0 aliphatic heterocycles. The van der Waals surface area contributed by atoms with Crippen LogP contribution in [-0.2, 0) is 24.7 Å². The SMILES string of the molecule is N#C/C(c1cc(C(F)(F)F)c(C#N)c(C#N)c1C(F)(F)F)=c1/cc(C#N)/c(=C(/C#N)c2cc(C(F)(F)F)c(C#N)c(C#N)c2C(F)(F)F)c(C#N)c1C#N. The van der Waals surface area contributed by atoms with Gasteiger partial charge in [-0.25, -0.2) is 0 Å². The fourth-order valence-corrected chi connectivity index (χ4v) is 5.22. The molecule has 3 aromatic rings. The molecule has 0 fully saturated rings. The third-order valence-corrected chi connectivity index (χ3v) is 7.23. The Morgan fingerprint density at radius 3 is 1.02 bits per heavy atom. The van der Waals surface area contributed by atoms with E-state index in [0.717, 1.165) is 48.6 Å². The van der Waals surface area contributed by atoms with Crippen LogP contribution in [0.2, 0.25) is 0 Å². The zero-order valence-corrected chi connectivity index (χ0v) is 25.3. The number of rotatable bonds is 2. The van der Waals surface area contributed by atoms with E-state index >= 15 is 0 Å². The fraction of sp³-hybridized carbons (Fsp3) is 0.121. The van der Waals surface area contributed by atoms with Crippen LogP contribution in [0.25, 0.3) is 11.1 Å². The van der Waals surface area contributed by atoms with E-state index in [9.17, 15) is 100 Å². The third-order valence-electron chi connectivity index (χ3n) is 7.23. The Kier molecular flexibility index (Phi) is 10.4. The summed E-state index contributed by atoms with van der Waals surface area (Å²) in [6.07, 6.45) is -23.1. The molecule has 0 heterocycles. The summed E-state index contributed by atoms with van der Waals surface area (Å²) in [6, 6.07) is 8.03. The smallest absolute Gasteiger partial charge is 0.192 e. The van der Waals surface area contributed by atoms with Crippen LogP contribution in [0.1, 0.15) is 72.3 Å². The van der Waals surface area contributed by atoms with Gasteiger partial charge in [0.1, 0.15) is 48.6 Å². The van der Waals surface area contributed by atoms with Crippen LogP contribution < -0.4 is 10.4 Å². The molecular formula is C33H3F12N9. The first-order valence-corrected chi connectivity index (χ1v) is 13.3. The first-order chi connectivity index (χ1) is 25.0. The summed E-state index contributed by atoms with van der Waals surface area (Å²) in [5.74, 6) is 0. The van der Waals surface area contributed by atoms with Crippen LogP contribution in [0.3, 0.4) is 0 Å². The van der Waals surface area contributed by atoms with E-state index in [2.05, 4.69) is 0 Å². The van der Waals surface area contributed by atoms with Gasteiger partial charge in [0.25, 0.3) is 0 Å². The average Bonchev–Trinajstić information content (AvgIpc) is 3.08. The number of hydrogen-bond donors (Lipinski definition) is 0. The Bertz CT molecular complexity index is 2710. The summed E-state index contributed by atoms with van der Waals surface area (Å²) in [7, 11) is 0. The molecule has 0 saturated heterocycles. The number of hydrogen-bond acceptors (Lipinski definition) is 9. The Hall–Kier alpha value is -8.03. The lowest BCUT2D eigenvalue weighted by atomic mass is 9.84. The zero-order chi connectivity index (χ0) is 41.3. The maximum absolute atomic E-state index is 14.4. The van der Waals surface area contributed by atoms with E-state index in [4.69, 9.17) is 0 Å². The van der Waals surface area contributed by atoms with Crippen molar-refractivity contribution >= 4 is 11.1 Å². The van der Waals surface area contributed by atoms with Crippen molar-refractivity contribution in [1.29, 1.82) is 47.4 Å². The van der Waals surface area contributed by atoms with Crippen LogP contribution in [0.5, 0.6) is 0 Å². The number of nitrogens with zero attached hydrogens (tertiary/aromatic N) is 9. The van der Waals surface area contributed by atoms with Gasteiger partial charge in [-0.1, -0.05) is 0 Å². The summed E-state index contributed by atoms with van der Waals surface area (Å²) in [4.78, 5) is 0. The zero-order valence-electron chi connectivity index (χ0n) is 25.3. The normalized spacial score (nSPS) is 12.5. The molecule has 0 spiro atoms. The molecule has 9 nitrogen and oxygen atoms in total. The second-order valence-electron chi connectivity index (χ2n) is 10.0. The van der Waals surface area contributed by atoms with Crippen molar-refractivity contribution in [2.45, 2.75) is 24.7 Å². The van der Waals surface area contributed by atoms with E-state index in [-0.39, 0.29) is 6.07 Å². The number of alkyl halides is 12. The van der Waals surface area contributed by atoms with Gasteiger partial charge in [-0.2, -0.15) is 100 Å². The molecule has 3 aromatic carbocycles. The molecule has 0 aromatic heterocycles. The fourth-order valence-electron chi connectivity index (χ4n) is 5.22. The lowest BCUT2D eigenvalue weighted by Crippen LogP contribution is -2.28. The first kappa shape index (κ1) is 40.4. The lowest BCUT2D eigenvalue weighted by molar-refractivity contribution is -0.141. The highest BCUT2D eigenvalue weighted by Gasteiger charge is 2.46. The Morgan fingerprint density at radius 2 is 0.741 bits per heavy atom. The molecule has 21 heteroatoms. The van der Waals surface area contributed by atoms with Gasteiger partial charge in [0.2, 0.25) is 0 Å². The highest BCUT2D eigenvalue weighted by atomic mass is 19.4. The molecule has 0 radical (unpaired) electrons. The minimum atomic E-state index is -5.88. The van der Waals surface area contributed by atoms with Crippen molar-refractivity contribution in [3.63, 3.8) is 0 Å².